The number of hydrogen-bond donors (Lipinski definition) is 1. The van der Waals surface area contributed by atoms with Crippen LogP contribution in [0.3, 0.4) is 0 Å². The van der Waals surface area contributed by atoms with Crippen molar-refractivity contribution in [2.75, 3.05) is 11.9 Å². The lowest BCUT2D eigenvalue weighted by Crippen LogP contribution is -2.29. The van der Waals surface area contributed by atoms with Gasteiger partial charge in [0.25, 0.3) is 0 Å². The highest BCUT2D eigenvalue weighted by atomic mass is 32.1. The molecule has 2 rings (SSSR count). The van der Waals surface area contributed by atoms with E-state index in [-0.39, 0.29) is 0 Å². The lowest BCUT2D eigenvalue weighted by molar-refractivity contribution is 0.0702. The Labute approximate surface area is 93.3 Å². The Bertz CT molecular complexity index is 370. The van der Waals surface area contributed by atoms with Crippen LogP contribution in [0.15, 0.2) is 12.1 Å². The second-order valence-electron chi connectivity index (χ2n) is 4.13. The molecule has 1 aromatic heterocycles. The number of carbonyl (C=O) groups is 1. The molecule has 4 heteroatoms. The third-order valence-electron chi connectivity index (χ3n) is 3.07. The summed E-state index contributed by atoms with van der Waals surface area (Å²) in [4.78, 5) is 13.4. The predicted molar refractivity (Wildman–Crippen MR) is 61.9 cm³/mol. The number of rotatable bonds is 4. The Morgan fingerprint density at radius 2 is 2.27 bits per heavy atom. The molecule has 1 aliphatic carbocycles. The van der Waals surface area contributed by atoms with E-state index in [1.54, 1.807) is 6.07 Å². The molecule has 0 saturated heterocycles. The number of anilines is 1. The highest BCUT2D eigenvalue weighted by Crippen LogP contribution is 2.37. The number of thiophene rings is 1. The molecule has 0 spiro atoms. The molecule has 3 nitrogen and oxygen atoms in total. The molecule has 82 valence electrons. The van der Waals surface area contributed by atoms with Crippen LogP contribution in [0.4, 0.5) is 5.00 Å². The molecule has 1 saturated carbocycles. The van der Waals surface area contributed by atoms with Crippen LogP contribution in [0, 0.1) is 5.92 Å². The van der Waals surface area contributed by atoms with Crippen LogP contribution in [0.1, 0.15) is 29.4 Å². The third kappa shape index (κ3) is 2.15. The molecule has 0 aromatic carbocycles. The smallest absolute Gasteiger partial charge is 0.345 e. The molecule has 1 N–H and O–H groups in total. The second-order valence-corrected chi connectivity index (χ2v) is 5.19. The largest absolute Gasteiger partial charge is 0.477 e. The van der Waals surface area contributed by atoms with Crippen molar-refractivity contribution in [3.8, 4) is 0 Å². The maximum absolute atomic E-state index is 10.7. The highest BCUT2D eigenvalue weighted by molar-refractivity contribution is 7.17. The molecule has 1 fully saturated rings. The number of carboxylic acids is 1. The summed E-state index contributed by atoms with van der Waals surface area (Å²) >= 11 is 1.35. The lowest BCUT2D eigenvalue weighted by Gasteiger charge is -2.25. The highest BCUT2D eigenvalue weighted by Gasteiger charge is 2.31. The first kappa shape index (κ1) is 10.5. The van der Waals surface area contributed by atoms with Crippen molar-refractivity contribution >= 4 is 22.3 Å². The number of hydrogen-bond acceptors (Lipinski definition) is 3. The maximum Gasteiger partial charge on any atom is 0.345 e. The van der Waals surface area contributed by atoms with Crippen molar-refractivity contribution in [2.24, 2.45) is 5.92 Å². The summed E-state index contributed by atoms with van der Waals surface area (Å²) < 4.78 is 0. The van der Waals surface area contributed by atoms with Gasteiger partial charge in [-0.2, -0.15) is 0 Å². The molecular formula is C11H15NO2S. The fourth-order valence-corrected chi connectivity index (χ4v) is 2.62. The van der Waals surface area contributed by atoms with E-state index in [9.17, 15) is 4.79 Å². The minimum absolute atomic E-state index is 0.417. The van der Waals surface area contributed by atoms with Gasteiger partial charge in [0.1, 0.15) is 4.88 Å². The van der Waals surface area contributed by atoms with E-state index in [2.05, 4.69) is 11.8 Å². The first-order valence-electron chi connectivity index (χ1n) is 5.15. The zero-order chi connectivity index (χ0) is 11.0. The molecule has 15 heavy (non-hydrogen) atoms. The first-order chi connectivity index (χ1) is 7.09. The first-order valence-corrected chi connectivity index (χ1v) is 5.97. The van der Waals surface area contributed by atoms with Crippen molar-refractivity contribution in [3.63, 3.8) is 0 Å². The summed E-state index contributed by atoms with van der Waals surface area (Å²) in [5.41, 5.74) is 0. The van der Waals surface area contributed by atoms with Gasteiger partial charge in [0.15, 0.2) is 0 Å². The summed E-state index contributed by atoms with van der Waals surface area (Å²) in [6, 6.07) is 4.09. The fourth-order valence-electron chi connectivity index (χ4n) is 1.73. The standard InChI is InChI=1S/C11H15NO2S/c1-7(8-3-4-8)12(2)10-6-5-9(15-10)11(13)14/h5-8H,3-4H2,1-2H3,(H,13,14). The minimum Gasteiger partial charge on any atom is -0.477 e. The SMILES string of the molecule is CC(C1CC1)N(C)c1ccc(C(=O)O)s1. The molecule has 0 bridgehead atoms. The summed E-state index contributed by atoms with van der Waals surface area (Å²) in [5.74, 6) is -0.0379. The zero-order valence-corrected chi connectivity index (χ0v) is 9.75. The number of nitrogens with zero attached hydrogens (tertiary/aromatic N) is 1. The summed E-state index contributed by atoms with van der Waals surface area (Å²) in [6.07, 6.45) is 2.62. The summed E-state index contributed by atoms with van der Waals surface area (Å²) in [5, 5.41) is 9.88. The van der Waals surface area contributed by atoms with Crippen LogP contribution in [0.2, 0.25) is 0 Å². The predicted octanol–water partition coefficient (Wildman–Crippen LogP) is 2.68. The Morgan fingerprint density at radius 3 is 2.73 bits per heavy atom. The van der Waals surface area contributed by atoms with E-state index >= 15 is 0 Å². The average Bonchev–Trinajstić information content (AvgIpc) is 2.93. The molecule has 1 aromatic rings. The van der Waals surface area contributed by atoms with Gasteiger partial charge < -0.3 is 10.0 Å². The van der Waals surface area contributed by atoms with Gasteiger partial charge in [0, 0.05) is 13.1 Å². The van der Waals surface area contributed by atoms with Crippen molar-refractivity contribution in [3.05, 3.63) is 17.0 Å². The van der Waals surface area contributed by atoms with E-state index in [1.165, 1.54) is 24.2 Å². The molecule has 1 aliphatic rings. The van der Waals surface area contributed by atoms with Gasteiger partial charge in [-0.05, 0) is 37.8 Å². The van der Waals surface area contributed by atoms with Crippen LogP contribution < -0.4 is 4.90 Å². The van der Waals surface area contributed by atoms with Crippen molar-refractivity contribution in [2.45, 2.75) is 25.8 Å². The fraction of sp³-hybridized carbons (Fsp3) is 0.545. The Kier molecular flexibility index (Phi) is 2.69. The molecule has 1 atom stereocenters. The maximum atomic E-state index is 10.7. The molecular weight excluding hydrogens is 210 g/mol. The molecule has 1 unspecified atom stereocenters. The van der Waals surface area contributed by atoms with Crippen LogP contribution in [-0.2, 0) is 0 Å². The average molecular weight is 225 g/mol. The quantitative estimate of drug-likeness (QED) is 0.856. The Morgan fingerprint density at radius 1 is 1.60 bits per heavy atom. The second kappa shape index (κ2) is 3.85. The van der Waals surface area contributed by atoms with Gasteiger partial charge in [-0.1, -0.05) is 0 Å². The topological polar surface area (TPSA) is 40.5 Å². The Hall–Kier alpha value is -1.03. The number of aromatic carboxylic acids is 1. The summed E-state index contributed by atoms with van der Waals surface area (Å²) in [6.45, 7) is 2.21. The molecule has 0 amide bonds. The van der Waals surface area contributed by atoms with Crippen molar-refractivity contribution < 1.29 is 9.90 Å². The van der Waals surface area contributed by atoms with Crippen LogP contribution in [-0.4, -0.2) is 24.2 Å². The molecule has 1 heterocycles. The van der Waals surface area contributed by atoms with E-state index in [4.69, 9.17) is 5.11 Å². The van der Waals surface area contributed by atoms with Crippen LogP contribution in [0.5, 0.6) is 0 Å². The van der Waals surface area contributed by atoms with E-state index in [0.717, 1.165) is 10.9 Å². The van der Waals surface area contributed by atoms with Gasteiger partial charge in [-0.15, -0.1) is 11.3 Å². The van der Waals surface area contributed by atoms with Crippen LogP contribution >= 0.6 is 11.3 Å². The van der Waals surface area contributed by atoms with Crippen molar-refractivity contribution in [1.29, 1.82) is 0 Å². The third-order valence-corrected chi connectivity index (χ3v) is 4.23. The number of carboxylic acid groups (broad SMARTS) is 1. The van der Waals surface area contributed by atoms with Gasteiger partial charge in [0.2, 0.25) is 0 Å². The van der Waals surface area contributed by atoms with E-state index in [1.807, 2.05) is 13.1 Å². The monoisotopic (exact) mass is 225 g/mol. The van der Waals surface area contributed by atoms with E-state index in [0.29, 0.717) is 10.9 Å². The normalized spacial score (nSPS) is 17.5. The van der Waals surface area contributed by atoms with E-state index < -0.39 is 5.97 Å². The van der Waals surface area contributed by atoms with Gasteiger partial charge in [0.05, 0.1) is 5.00 Å². The van der Waals surface area contributed by atoms with Crippen LogP contribution in [0.25, 0.3) is 0 Å². The molecule has 0 aliphatic heterocycles. The molecule has 0 radical (unpaired) electrons. The zero-order valence-electron chi connectivity index (χ0n) is 8.93. The van der Waals surface area contributed by atoms with Gasteiger partial charge in [-0.25, -0.2) is 4.79 Å². The van der Waals surface area contributed by atoms with Gasteiger partial charge in [-0.3, -0.25) is 0 Å². The summed E-state index contributed by atoms with van der Waals surface area (Å²) in [7, 11) is 2.04. The van der Waals surface area contributed by atoms with Crippen molar-refractivity contribution in [1.82, 2.24) is 0 Å². The Balaban J connectivity index is 2.10. The lowest BCUT2D eigenvalue weighted by atomic mass is 10.2. The van der Waals surface area contributed by atoms with Gasteiger partial charge >= 0.3 is 5.97 Å². The minimum atomic E-state index is -0.835.